The van der Waals surface area contributed by atoms with Crippen molar-refractivity contribution in [3.05, 3.63) is 53.1 Å². The van der Waals surface area contributed by atoms with E-state index >= 15 is 0 Å². The quantitative estimate of drug-likeness (QED) is 0.461. The minimum absolute atomic E-state index is 0.0109. The zero-order chi connectivity index (χ0) is 27.2. The molecule has 4 rings (SSSR count). The Balaban J connectivity index is 0.000000479. The maximum Gasteiger partial charge on any atom is 0.490 e. The summed E-state index contributed by atoms with van der Waals surface area (Å²) in [5.74, 6) is -2.60. The van der Waals surface area contributed by atoms with Gasteiger partial charge in [-0.25, -0.2) is 18.2 Å². The number of alkyl halides is 3. The number of hydrogen-bond donors (Lipinski definition) is 4. The maximum atomic E-state index is 12.6. The Labute approximate surface area is 210 Å². The van der Waals surface area contributed by atoms with Crippen LogP contribution in [0.1, 0.15) is 52.6 Å². The Morgan fingerprint density at radius 3 is 2.43 bits per heavy atom. The molecule has 0 aliphatic carbocycles. The molecule has 37 heavy (non-hydrogen) atoms. The minimum atomic E-state index is -5.08. The Hall–Kier alpha value is -3.70. The summed E-state index contributed by atoms with van der Waals surface area (Å²) in [5, 5.41) is 22.3. The normalized spacial score (nSPS) is 17.5. The predicted octanol–water partition coefficient (Wildman–Crippen LogP) is 2.84. The number of imidazole rings is 1. The second-order valence-corrected chi connectivity index (χ2v) is 10.7. The van der Waals surface area contributed by atoms with Crippen molar-refractivity contribution in [2.75, 3.05) is 29.9 Å². The third kappa shape index (κ3) is 7.64. The highest BCUT2D eigenvalue weighted by molar-refractivity contribution is 7.91. The first-order valence-electron chi connectivity index (χ1n) is 11.2. The van der Waals surface area contributed by atoms with E-state index in [0.717, 1.165) is 37.1 Å². The average molecular weight is 540 g/mol. The number of carbonyl (C=O) groups excluding carboxylic acids is 1. The lowest BCUT2D eigenvalue weighted by Gasteiger charge is -2.25. The molecule has 1 saturated heterocycles. The van der Waals surface area contributed by atoms with Crippen molar-refractivity contribution >= 4 is 33.0 Å². The molecule has 4 N–H and O–H groups in total. The van der Waals surface area contributed by atoms with Gasteiger partial charge in [0.15, 0.2) is 15.7 Å². The summed E-state index contributed by atoms with van der Waals surface area (Å²) >= 11 is 0. The Kier molecular flexibility index (Phi) is 8.72. The molecule has 0 bridgehead atoms. The Morgan fingerprint density at radius 1 is 1.22 bits per heavy atom. The molecule has 10 nitrogen and oxygen atoms in total. The monoisotopic (exact) mass is 539 g/mol. The van der Waals surface area contributed by atoms with Crippen LogP contribution < -0.4 is 10.6 Å². The summed E-state index contributed by atoms with van der Waals surface area (Å²) in [7, 11) is -3.05. The number of nitrogens with one attached hydrogen (secondary N) is 3. The van der Waals surface area contributed by atoms with Gasteiger partial charge < -0.3 is 20.7 Å². The number of hydrogen-bond acceptors (Lipinski definition) is 7. The first kappa shape index (κ1) is 27.9. The molecular formula is C23H24F3N5O5S. The molecule has 0 spiro atoms. The lowest BCUT2D eigenvalue weighted by Crippen LogP contribution is -2.26. The van der Waals surface area contributed by atoms with Crippen LogP contribution in [-0.2, 0) is 14.6 Å². The largest absolute Gasteiger partial charge is 0.490 e. The molecule has 1 aromatic heterocycles. The number of carboxylic acids is 1. The number of anilines is 1. The van der Waals surface area contributed by atoms with E-state index in [0.29, 0.717) is 18.0 Å². The van der Waals surface area contributed by atoms with Gasteiger partial charge in [-0.3, -0.25) is 4.79 Å². The number of benzene rings is 1. The number of aromatic amines is 1. The van der Waals surface area contributed by atoms with Crippen LogP contribution in [0.3, 0.4) is 0 Å². The SMILES string of the molecule is N#Cc1cnc(C(=O)Nc2ccc(C3CCNCC3)cc2C2=CCS(=O)(=O)CC2)[nH]1.O=C(O)C(F)(F)F. The molecule has 1 aromatic carbocycles. The topological polar surface area (TPSA) is 165 Å². The standard InChI is InChI=1S/C21H23N5O3S.C2HF3O2/c22-12-17-13-24-20(25-17)21(27)26-19-2-1-16(14-3-7-23-8-4-14)11-18(19)15-5-9-30(28,29)10-6-15;3-2(4,5)1(6)7/h1-2,5,11,13-14,23H,3-4,6-10H2,(H,24,25)(H,26,27);(H,6,7). The summed E-state index contributed by atoms with van der Waals surface area (Å²) < 4.78 is 55.5. The molecule has 0 unspecified atom stereocenters. The summed E-state index contributed by atoms with van der Waals surface area (Å²) in [6.45, 7) is 1.94. The van der Waals surface area contributed by atoms with Gasteiger partial charge in [-0.1, -0.05) is 12.1 Å². The van der Waals surface area contributed by atoms with E-state index in [1.807, 2.05) is 18.2 Å². The van der Waals surface area contributed by atoms with Crippen molar-refractivity contribution in [3.8, 4) is 6.07 Å². The maximum absolute atomic E-state index is 12.6. The first-order valence-corrected chi connectivity index (χ1v) is 13.0. The fraction of sp³-hybridized carbons (Fsp3) is 0.391. The van der Waals surface area contributed by atoms with E-state index in [4.69, 9.17) is 15.2 Å². The number of aromatic nitrogens is 2. The molecule has 198 valence electrons. The number of sulfone groups is 1. The number of allylic oxidation sites excluding steroid dienone is 1. The number of rotatable bonds is 4. The van der Waals surface area contributed by atoms with Gasteiger partial charge in [0.2, 0.25) is 0 Å². The average Bonchev–Trinajstić information content (AvgIpc) is 3.34. The zero-order valence-corrected chi connectivity index (χ0v) is 20.2. The van der Waals surface area contributed by atoms with Crippen LogP contribution in [-0.4, -0.2) is 66.1 Å². The summed E-state index contributed by atoms with van der Waals surface area (Å²) in [6.07, 6.45) is 0.477. The van der Waals surface area contributed by atoms with E-state index in [9.17, 15) is 26.4 Å². The van der Waals surface area contributed by atoms with Crippen LogP contribution in [0.5, 0.6) is 0 Å². The fourth-order valence-corrected chi connectivity index (χ4v) is 5.10. The number of nitrogens with zero attached hydrogens (tertiary/aromatic N) is 2. The highest BCUT2D eigenvalue weighted by Crippen LogP contribution is 2.34. The highest BCUT2D eigenvalue weighted by atomic mass is 32.2. The van der Waals surface area contributed by atoms with Crippen molar-refractivity contribution in [1.82, 2.24) is 15.3 Å². The number of carboxylic acid groups (broad SMARTS) is 1. The molecule has 2 aliphatic rings. The molecule has 0 saturated carbocycles. The van der Waals surface area contributed by atoms with Crippen LogP contribution >= 0.6 is 0 Å². The molecule has 14 heteroatoms. The number of halogens is 3. The summed E-state index contributed by atoms with van der Waals surface area (Å²) in [4.78, 5) is 28.1. The van der Waals surface area contributed by atoms with E-state index in [1.165, 1.54) is 11.8 Å². The van der Waals surface area contributed by atoms with Gasteiger partial charge in [0.25, 0.3) is 5.91 Å². The van der Waals surface area contributed by atoms with Crippen molar-refractivity contribution in [2.45, 2.75) is 31.4 Å². The van der Waals surface area contributed by atoms with E-state index in [2.05, 4.69) is 26.7 Å². The van der Waals surface area contributed by atoms with Crippen LogP contribution in [0.4, 0.5) is 18.9 Å². The minimum Gasteiger partial charge on any atom is -0.475 e. The molecule has 0 radical (unpaired) electrons. The van der Waals surface area contributed by atoms with Gasteiger partial charge in [-0.15, -0.1) is 0 Å². The number of piperidine rings is 1. The Bertz CT molecular complexity index is 1340. The van der Waals surface area contributed by atoms with Crippen LogP contribution in [0.25, 0.3) is 5.57 Å². The number of nitriles is 1. The molecule has 2 aliphatic heterocycles. The third-order valence-corrected chi connectivity index (χ3v) is 7.37. The summed E-state index contributed by atoms with van der Waals surface area (Å²) in [5.41, 5.74) is 3.79. The molecule has 1 amide bonds. The second-order valence-electron chi connectivity index (χ2n) is 8.44. The number of aliphatic carboxylic acids is 1. The Morgan fingerprint density at radius 2 is 1.89 bits per heavy atom. The van der Waals surface area contributed by atoms with Crippen molar-refractivity contribution in [1.29, 1.82) is 5.26 Å². The molecule has 3 heterocycles. The van der Waals surface area contributed by atoms with Crippen LogP contribution in [0.2, 0.25) is 0 Å². The van der Waals surface area contributed by atoms with Gasteiger partial charge in [-0.2, -0.15) is 18.4 Å². The second kappa shape index (κ2) is 11.6. The van der Waals surface area contributed by atoms with Crippen molar-refractivity contribution < 1.29 is 36.3 Å². The smallest absolute Gasteiger partial charge is 0.475 e. The van der Waals surface area contributed by atoms with E-state index in [-0.39, 0.29) is 23.0 Å². The summed E-state index contributed by atoms with van der Waals surface area (Å²) in [6, 6.07) is 7.90. The fourth-order valence-electron chi connectivity index (χ4n) is 3.94. The number of H-pyrrole nitrogens is 1. The molecule has 1 fully saturated rings. The van der Waals surface area contributed by atoms with Crippen LogP contribution in [0.15, 0.2) is 30.5 Å². The van der Waals surface area contributed by atoms with E-state index < -0.39 is 27.9 Å². The highest BCUT2D eigenvalue weighted by Gasteiger charge is 2.38. The lowest BCUT2D eigenvalue weighted by molar-refractivity contribution is -0.192. The number of amides is 1. The van der Waals surface area contributed by atoms with Gasteiger partial charge >= 0.3 is 12.1 Å². The lowest BCUT2D eigenvalue weighted by atomic mass is 9.87. The van der Waals surface area contributed by atoms with Gasteiger partial charge in [0.1, 0.15) is 11.8 Å². The predicted molar refractivity (Wildman–Crippen MR) is 127 cm³/mol. The molecule has 2 aromatic rings. The number of carbonyl (C=O) groups is 2. The molecule has 0 atom stereocenters. The van der Waals surface area contributed by atoms with Crippen LogP contribution in [0, 0.1) is 11.3 Å². The van der Waals surface area contributed by atoms with Gasteiger partial charge in [0.05, 0.1) is 17.7 Å². The van der Waals surface area contributed by atoms with Crippen molar-refractivity contribution in [2.24, 2.45) is 0 Å². The zero-order valence-electron chi connectivity index (χ0n) is 19.4. The van der Waals surface area contributed by atoms with Crippen molar-refractivity contribution in [3.63, 3.8) is 0 Å². The van der Waals surface area contributed by atoms with Gasteiger partial charge in [-0.05, 0) is 61.5 Å². The third-order valence-electron chi connectivity index (χ3n) is 5.87. The van der Waals surface area contributed by atoms with E-state index in [1.54, 1.807) is 6.08 Å². The first-order chi connectivity index (χ1) is 17.4. The van der Waals surface area contributed by atoms with Gasteiger partial charge in [0, 0.05) is 11.3 Å². The molecular weight excluding hydrogens is 515 g/mol.